The molecule has 3 rings (SSSR count). The second-order valence-corrected chi connectivity index (χ2v) is 6.46. The van der Waals surface area contributed by atoms with Crippen LogP contribution in [0.1, 0.15) is 20.8 Å². The Labute approximate surface area is 148 Å². The lowest BCUT2D eigenvalue weighted by Gasteiger charge is -2.34. The van der Waals surface area contributed by atoms with E-state index in [0.29, 0.717) is 37.4 Å². The van der Waals surface area contributed by atoms with Crippen molar-refractivity contribution in [2.45, 2.75) is 0 Å². The Hall–Kier alpha value is -2.28. The molecule has 1 aromatic heterocycles. The molecule has 0 spiro atoms. The summed E-state index contributed by atoms with van der Waals surface area (Å²) in [4.78, 5) is 31.4. The van der Waals surface area contributed by atoms with Gasteiger partial charge in [-0.1, -0.05) is 0 Å². The lowest BCUT2D eigenvalue weighted by atomic mass is 10.1. The molecular weight excluding hydrogens is 374 g/mol. The Balaban J connectivity index is 1.59. The molecule has 1 N–H and O–H groups in total. The zero-order valence-corrected chi connectivity index (χ0v) is 14.9. The Kier molecular flexibility index (Phi) is 4.89. The lowest BCUT2D eigenvalue weighted by molar-refractivity contribution is 0.0532. The summed E-state index contributed by atoms with van der Waals surface area (Å²) in [6, 6.07) is 8.83. The molecule has 0 saturated carbocycles. The van der Waals surface area contributed by atoms with Gasteiger partial charge in [0.2, 0.25) is 0 Å². The minimum atomic E-state index is -0.0442. The van der Waals surface area contributed by atoms with E-state index in [1.807, 2.05) is 0 Å². The van der Waals surface area contributed by atoms with Crippen LogP contribution in [-0.4, -0.2) is 59.9 Å². The number of hydrogen-bond donors (Lipinski definition) is 1. The molecule has 1 aromatic carbocycles. The minimum absolute atomic E-state index is 0.0210. The van der Waals surface area contributed by atoms with Gasteiger partial charge in [-0.2, -0.15) is 0 Å². The number of H-pyrrole nitrogens is 1. The van der Waals surface area contributed by atoms with E-state index in [4.69, 9.17) is 4.74 Å². The largest absolute Gasteiger partial charge is 0.497 e. The molecule has 24 heavy (non-hydrogen) atoms. The Morgan fingerprint density at radius 1 is 1.04 bits per heavy atom. The quantitative estimate of drug-likeness (QED) is 0.873. The van der Waals surface area contributed by atoms with E-state index < -0.39 is 0 Å². The fourth-order valence-corrected chi connectivity index (χ4v) is 3.03. The third-order valence-corrected chi connectivity index (χ3v) is 4.53. The Morgan fingerprint density at radius 3 is 2.12 bits per heavy atom. The van der Waals surface area contributed by atoms with Crippen molar-refractivity contribution in [3.8, 4) is 5.75 Å². The SMILES string of the molecule is COc1ccc(C(=O)N2CCN(C(=O)c3cc(Br)c[nH]3)CC2)cc1. The van der Waals surface area contributed by atoms with Crippen molar-refractivity contribution in [1.29, 1.82) is 0 Å². The summed E-state index contributed by atoms with van der Waals surface area (Å²) in [5.74, 6) is 0.656. The number of ether oxygens (including phenoxy) is 1. The molecule has 0 radical (unpaired) electrons. The van der Waals surface area contributed by atoms with Crippen LogP contribution in [0.3, 0.4) is 0 Å². The van der Waals surface area contributed by atoms with Gasteiger partial charge < -0.3 is 19.5 Å². The summed E-state index contributed by atoms with van der Waals surface area (Å²) in [5, 5.41) is 0. The molecule has 0 bridgehead atoms. The first kappa shape index (κ1) is 16.6. The summed E-state index contributed by atoms with van der Waals surface area (Å²) in [6.45, 7) is 2.10. The maximum absolute atomic E-state index is 12.5. The zero-order valence-electron chi connectivity index (χ0n) is 13.3. The number of piperazine rings is 1. The molecule has 0 atom stereocenters. The first-order valence-corrected chi connectivity index (χ1v) is 8.44. The van der Waals surface area contributed by atoms with Crippen molar-refractivity contribution in [3.63, 3.8) is 0 Å². The molecule has 6 nitrogen and oxygen atoms in total. The zero-order chi connectivity index (χ0) is 17.1. The number of aromatic amines is 1. The molecule has 7 heteroatoms. The number of nitrogens with one attached hydrogen (secondary N) is 1. The minimum Gasteiger partial charge on any atom is -0.497 e. The average molecular weight is 392 g/mol. The van der Waals surface area contributed by atoms with E-state index >= 15 is 0 Å². The number of carbonyl (C=O) groups excluding carboxylic acids is 2. The van der Waals surface area contributed by atoms with E-state index in [-0.39, 0.29) is 11.8 Å². The third kappa shape index (κ3) is 3.46. The monoisotopic (exact) mass is 391 g/mol. The maximum atomic E-state index is 12.5. The van der Waals surface area contributed by atoms with Gasteiger partial charge in [-0.15, -0.1) is 0 Å². The summed E-state index contributed by atoms with van der Waals surface area (Å²) >= 11 is 3.33. The van der Waals surface area contributed by atoms with Crippen LogP contribution in [0, 0.1) is 0 Å². The standard InChI is InChI=1S/C17H18BrN3O3/c1-24-14-4-2-12(3-5-14)16(22)20-6-8-21(9-7-20)17(23)15-10-13(18)11-19-15/h2-5,10-11,19H,6-9H2,1H3. The third-order valence-electron chi connectivity index (χ3n) is 4.07. The van der Waals surface area contributed by atoms with Crippen LogP contribution in [0.2, 0.25) is 0 Å². The van der Waals surface area contributed by atoms with Crippen LogP contribution in [0.5, 0.6) is 5.75 Å². The number of benzene rings is 1. The van der Waals surface area contributed by atoms with E-state index in [2.05, 4.69) is 20.9 Å². The van der Waals surface area contributed by atoms with Gasteiger partial charge in [-0.3, -0.25) is 9.59 Å². The summed E-state index contributed by atoms with van der Waals surface area (Å²) in [6.07, 6.45) is 1.73. The molecule has 1 fully saturated rings. The highest BCUT2D eigenvalue weighted by Gasteiger charge is 2.26. The smallest absolute Gasteiger partial charge is 0.270 e. The molecule has 1 saturated heterocycles. The van der Waals surface area contributed by atoms with Gasteiger partial charge >= 0.3 is 0 Å². The molecule has 1 aliphatic heterocycles. The van der Waals surface area contributed by atoms with Crippen LogP contribution < -0.4 is 4.74 Å². The first-order valence-electron chi connectivity index (χ1n) is 7.65. The van der Waals surface area contributed by atoms with Crippen LogP contribution >= 0.6 is 15.9 Å². The number of aromatic nitrogens is 1. The van der Waals surface area contributed by atoms with Gasteiger partial charge in [0.25, 0.3) is 11.8 Å². The second kappa shape index (κ2) is 7.09. The van der Waals surface area contributed by atoms with Crippen molar-refractivity contribution >= 4 is 27.7 Å². The fourth-order valence-electron chi connectivity index (χ4n) is 2.69. The first-order chi connectivity index (χ1) is 11.6. The lowest BCUT2D eigenvalue weighted by Crippen LogP contribution is -2.50. The summed E-state index contributed by atoms with van der Waals surface area (Å²) in [5.41, 5.74) is 1.18. The van der Waals surface area contributed by atoms with E-state index in [0.717, 1.165) is 10.2 Å². The molecule has 126 valence electrons. The van der Waals surface area contributed by atoms with E-state index in [1.165, 1.54) is 0 Å². The molecule has 2 aromatic rings. The van der Waals surface area contributed by atoms with Crippen molar-refractivity contribution in [1.82, 2.24) is 14.8 Å². The Bertz CT molecular complexity index is 734. The maximum Gasteiger partial charge on any atom is 0.270 e. The number of methoxy groups -OCH3 is 1. The predicted molar refractivity (Wildman–Crippen MR) is 93.3 cm³/mol. The van der Waals surface area contributed by atoms with Crippen molar-refractivity contribution in [3.05, 3.63) is 52.3 Å². The van der Waals surface area contributed by atoms with Gasteiger partial charge in [0, 0.05) is 42.4 Å². The topological polar surface area (TPSA) is 65.6 Å². The average Bonchev–Trinajstić information content (AvgIpc) is 3.07. The second-order valence-electron chi connectivity index (χ2n) is 5.54. The number of amides is 2. The van der Waals surface area contributed by atoms with E-state index in [9.17, 15) is 9.59 Å². The Morgan fingerprint density at radius 2 is 1.62 bits per heavy atom. The van der Waals surface area contributed by atoms with Crippen LogP contribution in [-0.2, 0) is 0 Å². The van der Waals surface area contributed by atoms with Crippen molar-refractivity contribution in [2.75, 3.05) is 33.3 Å². The highest BCUT2D eigenvalue weighted by Crippen LogP contribution is 2.16. The summed E-state index contributed by atoms with van der Waals surface area (Å²) < 4.78 is 5.95. The highest BCUT2D eigenvalue weighted by atomic mass is 79.9. The number of carbonyl (C=O) groups is 2. The molecule has 2 heterocycles. The van der Waals surface area contributed by atoms with Gasteiger partial charge in [0.15, 0.2) is 0 Å². The molecule has 0 unspecified atom stereocenters. The van der Waals surface area contributed by atoms with Crippen molar-refractivity contribution in [2.24, 2.45) is 0 Å². The van der Waals surface area contributed by atoms with Crippen LogP contribution in [0.15, 0.2) is 41.0 Å². The number of nitrogens with zero attached hydrogens (tertiary/aromatic N) is 2. The molecule has 1 aliphatic rings. The predicted octanol–water partition coefficient (Wildman–Crippen LogP) is 2.38. The molecule has 0 aliphatic carbocycles. The van der Waals surface area contributed by atoms with Gasteiger partial charge in [0.05, 0.1) is 7.11 Å². The normalized spacial score (nSPS) is 14.6. The number of hydrogen-bond acceptors (Lipinski definition) is 3. The van der Waals surface area contributed by atoms with Gasteiger partial charge in [-0.05, 0) is 46.3 Å². The number of halogens is 1. The molecular formula is C17H18BrN3O3. The molecule has 2 amide bonds. The van der Waals surface area contributed by atoms with E-state index in [1.54, 1.807) is 53.4 Å². The summed E-state index contributed by atoms with van der Waals surface area (Å²) in [7, 11) is 1.59. The fraction of sp³-hybridized carbons (Fsp3) is 0.294. The van der Waals surface area contributed by atoms with Gasteiger partial charge in [0.1, 0.15) is 11.4 Å². The van der Waals surface area contributed by atoms with Crippen LogP contribution in [0.4, 0.5) is 0 Å². The number of rotatable bonds is 3. The van der Waals surface area contributed by atoms with Crippen molar-refractivity contribution < 1.29 is 14.3 Å². The highest BCUT2D eigenvalue weighted by molar-refractivity contribution is 9.10. The van der Waals surface area contributed by atoms with Gasteiger partial charge in [-0.25, -0.2) is 0 Å². The van der Waals surface area contributed by atoms with Crippen LogP contribution in [0.25, 0.3) is 0 Å².